The number of aliphatic hydroxyl groups is 1. The maximum Gasteiger partial charge on any atom is 0.270 e. The molecule has 1 aromatic rings. The molecular formula is C19H31N3O3. The molecule has 0 saturated heterocycles. The lowest BCUT2D eigenvalue weighted by Gasteiger charge is -2.21. The molecule has 0 bridgehead atoms. The minimum atomic E-state index is -0.999. The minimum absolute atomic E-state index is 0.237. The number of carbonyl (C=O) groups excluding carboxylic acids is 2. The Balaban J connectivity index is 2.64. The van der Waals surface area contributed by atoms with E-state index in [0.29, 0.717) is 12.5 Å². The Morgan fingerprint density at radius 3 is 2.48 bits per heavy atom. The lowest BCUT2D eigenvalue weighted by molar-refractivity contribution is -0.125. The van der Waals surface area contributed by atoms with Crippen LogP contribution in [0.4, 0.5) is 0 Å². The number of amides is 2. The van der Waals surface area contributed by atoms with Crippen LogP contribution in [0.3, 0.4) is 0 Å². The fourth-order valence-corrected chi connectivity index (χ4v) is 2.30. The van der Waals surface area contributed by atoms with Crippen molar-refractivity contribution in [1.29, 1.82) is 0 Å². The zero-order valence-electron chi connectivity index (χ0n) is 15.7. The maximum atomic E-state index is 12.3. The second-order valence-electron chi connectivity index (χ2n) is 6.82. The van der Waals surface area contributed by atoms with E-state index >= 15 is 0 Å². The fourth-order valence-electron chi connectivity index (χ4n) is 2.30. The zero-order chi connectivity index (χ0) is 18.8. The molecule has 6 nitrogen and oxygen atoms in total. The molecule has 0 fully saturated rings. The van der Waals surface area contributed by atoms with Crippen LogP contribution in [0.15, 0.2) is 18.3 Å². The van der Waals surface area contributed by atoms with E-state index in [4.69, 9.17) is 0 Å². The number of unbranched alkanes of at least 4 members (excludes halogenated alkanes) is 1. The molecule has 3 N–H and O–H groups in total. The molecule has 140 valence electrons. The van der Waals surface area contributed by atoms with Crippen LogP contribution < -0.4 is 10.6 Å². The molecule has 0 spiro atoms. The van der Waals surface area contributed by atoms with Crippen LogP contribution in [-0.4, -0.2) is 40.6 Å². The van der Waals surface area contributed by atoms with E-state index in [1.54, 1.807) is 12.3 Å². The summed E-state index contributed by atoms with van der Waals surface area (Å²) in [5.74, 6) is -0.383. The van der Waals surface area contributed by atoms with E-state index in [1.807, 2.05) is 6.07 Å². The topological polar surface area (TPSA) is 91.3 Å². The Morgan fingerprint density at radius 1 is 1.24 bits per heavy atom. The number of nitrogens with one attached hydrogen (secondary N) is 2. The molecule has 0 radical (unpaired) electrons. The van der Waals surface area contributed by atoms with E-state index in [-0.39, 0.29) is 11.6 Å². The standard InChI is InChI=1S/C19H31N3O3/c1-5-6-7-15-8-9-16(21-12-15)18(24)22-17(14(4)23)19(25)20-11-10-13(2)3/h8-9,12-14,17,23H,5-7,10-11H2,1-4H3,(H,20,25)(H,22,24)/t14-,17+/m1/s1. The van der Waals surface area contributed by atoms with Gasteiger partial charge in [-0.25, -0.2) is 0 Å². The van der Waals surface area contributed by atoms with Crippen molar-refractivity contribution >= 4 is 11.8 Å². The number of nitrogens with zero attached hydrogens (tertiary/aromatic N) is 1. The van der Waals surface area contributed by atoms with Gasteiger partial charge in [-0.1, -0.05) is 33.3 Å². The van der Waals surface area contributed by atoms with E-state index in [0.717, 1.165) is 31.2 Å². The Bertz CT molecular complexity index is 541. The molecule has 1 heterocycles. The van der Waals surface area contributed by atoms with Crippen LogP contribution in [0.2, 0.25) is 0 Å². The summed E-state index contributed by atoms with van der Waals surface area (Å²) in [4.78, 5) is 28.7. The summed E-state index contributed by atoms with van der Waals surface area (Å²) >= 11 is 0. The van der Waals surface area contributed by atoms with Crippen molar-refractivity contribution < 1.29 is 14.7 Å². The third-order valence-electron chi connectivity index (χ3n) is 3.95. The molecule has 2 amide bonds. The number of pyridine rings is 1. The normalized spacial score (nSPS) is 13.4. The highest BCUT2D eigenvalue weighted by Gasteiger charge is 2.26. The van der Waals surface area contributed by atoms with Crippen LogP contribution in [0.5, 0.6) is 0 Å². The smallest absolute Gasteiger partial charge is 0.270 e. The summed E-state index contributed by atoms with van der Waals surface area (Å²) in [7, 11) is 0. The maximum absolute atomic E-state index is 12.3. The van der Waals surface area contributed by atoms with Crippen LogP contribution in [0, 0.1) is 5.92 Å². The largest absolute Gasteiger partial charge is 0.391 e. The van der Waals surface area contributed by atoms with Crippen molar-refractivity contribution in [2.24, 2.45) is 5.92 Å². The van der Waals surface area contributed by atoms with Crippen LogP contribution in [0.1, 0.15) is 63.0 Å². The number of hydrogen-bond donors (Lipinski definition) is 3. The Kier molecular flexibility index (Phi) is 9.13. The predicted octanol–water partition coefficient (Wildman–Crippen LogP) is 2.07. The van der Waals surface area contributed by atoms with Crippen LogP contribution in [-0.2, 0) is 11.2 Å². The van der Waals surface area contributed by atoms with Gasteiger partial charge in [0.1, 0.15) is 11.7 Å². The summed E-state index contributed by atoms with van der Waals surface area (Å²) in [5, 5.41) is 15.2. The molecule has 1 rings (SSSR count). The summed E-state index contributed by atoms with van der Waals surface area (Å²) < 4.78 is 0. The quantitative estimate of drug-likeness (QED) is 0.603. The number of aryl methyl sites for hydroxylation is 1. The first-order valence-electron chi connectivity index (χ1n) is 9.06. The van der Waals surface area contributed by atoms with Gasteiger partial charge in [-0.3, -0.25) is 14.6 Å². The van der Waals surface area contributed by atoms with Gasteiger partial charge in [0, 0.05) is 12.7 Å². The third-order valence-corrected chi connectivity index (χ3v) is 3.95. The van der Waals surface area contributed by atoms with Gasteiger partial charge in [-0.2, -0.15) is 0 Å². The Hall–Kier alpha value is -1.95. The summed E-state index contributed by atoms with van der Waals surface area (Å²) in [6.07, 6.45) is 4.64. The SMILES string of the molecule is CCCCc1ccc(C(=O)N[C@H](C(=O)NCCC(C)C)[C@@H](C)O)nc1. The monoisotopic (exact) mass is 349 g/mol. The molecule has 0 unspecified atom stereocenters. The van der Waals surface area contributed by atoms with Gasteiger partial charge in [0.15, 0.2) is 0 Å². The number of rotatable bonds is 10. The highest BCUT2D eigenvalue weighted by atomic mass is 16.3. The fraction of sp³-hybridized carbons (Fsp3) is 0.632. The highest BCUT2D eigenvalue weighted by molar-refractivity contribution is 5.96. The van der Waals surface area contributed by atoms with Crippen LogP contribution >= 0.6 is 0 Å². The highest BCUT2D eigenvalue weighted by Crippen LogP contribution is 2.06. The number of carbonyl (C=O) groups is 2. The first-order valence-corrected chi connectivity index (χ1v) is 9.06. The van der Waals surface area contributed by atoms with Gasteiger partial charge in [0.2, 0.25) is 5.91 Å². The van der Waals surface area contributed by atoms with Crippen molar-refractivity contribution in [3.05, 3.63) is 29.6 Å². The molecule has 2 atom stereocenters. The second-order valence-corrected chi connectivity index (χ2v) is 6.82. The van der Waals surface area contributed by atoms with Crippen molar-refractivity contribution in [3.8, 4) is 0 Å². The van der Waals surface area contributed by atoms with Gasteiger partial charge >= 0.3 is 0 Å². The van der Waals surface area contributed by atoms with Gasteiger partial charge in [-0.15, -0.1) is 0 Å². The van der Waals surface area contributed by atoms with Crippen LogP contribution in [0.25, 0.3) is 0 Å². The van der Waals surface area contributed by atoms with Gasteiger partial charge in [0.05, 0.1) is 6.10 Å². The zero-order valence-corrected chi connectivity index (χ0v) is 15.7. The molecule has 0 aliphatic rings. The third kappa shape index (κ3) is 7.65. The number of aromatic nitrogens is 1. The molecule has 25 heavy (non-hydrogen) atoms. The van der Waals surface area contributed by atoms with Gasteiger partial charge in [0.25, 0.3) is 5.91 Å². The average molecular weight is 349 g/mol. The van der Waals surface area contributed by atoms with E-state index < -0.39 is 18.1 Å². The van der Waals surface area contributed by atoms with E-state index in [2.05, 4.69) is 36.4 Å². The first kappa shape index (κ1) is 21.1. The number of aliphatic hydroxyl groups excluding tert-OH is 1. The van der Waals surface area contributed by atoms with E-state index in [1.165, 1.54) is 6.92 Å². The average Bonchev–Trinajstić information content (AvgIpc) is 2.57. The van der Waals surface area contributed by atoms with Crippen molar-refractivity contribution in [2.75, 3.05) is 6.54 Å². The van der Waals surface area contributed by atoms with E-state index in [9.17, 15) is 14.7 Å². The second kappa shape index (κ2) is 10.8. The van der Waals surface area contributed by atoms with Gasteiger partial charge in [-0.05, 0) is 43.7 Å². The summed E-state index contributed by atoms with van der Waals surface area (Å²) in [5.41, 5.74) is 1.32. The van der Waals surface area contributed by atoms with Crippen molar-refractivity contribution in [2.45, 2.75) is 65.5 Å². The molecule has 0 aromatic carbocycles. The molecular weight excluding hydrogens is 318 g/mol. The van der Waals surface area contributed by atoms with Gasteiger partial charge < -0.3 is 15.7 Å². The van der Waals surface area contributed by atoms with Crippen molar-refractivity contribution in [1.82, 2.24) is 15.6 Å². The lowest BCUT2D eigenvalue weighted by Crippen LogP contribution is -2.52. The summed E-state index contributed by atoms with van der Waals surface area (Å²) in [6.45, 7) is 8.25. The molecule has 0 saturated carbocycles. The van der Waals surface area contributed by atoms with Crippen molar-refractivity contribution in [3.63, 3.8) is 0 Å². The first-order chi connectivity index (χ1) is 11.8. The molecule has 0 aliphatic carbocycles. The minimum Gasteiger partial charge on any atom is -0.391 e. The lowest BCUT2D eigenvalue weighted by atomic mass is 10.1. The Labute approximate surface area is 150 Å². The predicted molar refractivity (Wildman–Crippen MR) is 98.2 cm³/mol. The molecule has 6 heteroatoms. The number of hydrogen-bond acceptors (Lipinski definition) is 4. The summed E-state index contributed by atoms with van der Waals surface area (Å²) in [6, 6.07) is 2.52. The molecule has 0 aliphatic heterocycles. The Morgan fingerprint density at radius 2 is 1.96 bits per heavy atom. The molecule has 1 aromatic heterocycles.